The number of rotatable bonds is 1. The quantitative estimate of drug-likeness (QED) is 0.743. The Bertz CT molecular complexity index is 406. The van der Waals surface area contributed by atoms with Gasteiger partial charge in [0.25, 0.3) is 0 Å². The highest BCUT2D eigenvalue weighted by Crippen LogP contribution is 2.25. The summed E-state index contributed by atoms with van der Waals surface area (Å²) in [5.41, 5.74) is 9.06. The van der Waals surface area contributed by atoms with E-state index in [1.807, 2.05) is 6.92 Å². The summed E-state index contributed by atoms with van der Waals surface area (Å²) >= 11 is 1.41. The van der Waals surface area contributed by atoms with Crippen molar-refractivity contribution in [1.29, 1.82) is 0 Å². The Balaban J connectivity index is 2.47. The molecule has 0 saturated carbocycles. The van der Waals surface area contributed by atoms with Crippen LogP contribution >= 0.6 is 11.3 Å². The van der Waals surface area contributed by atoms with E-state index in [-0.39, 0.29) is 0 Å². The van der Waals surface area contributed by atoms with Crippen LogP contribution in [0.1, 0.15) is 5.82 Å². The zero-order valence-corrected chi connectivity index (χ0v) is 7.88. The van der Waals surface area contributed by atoms with Crippen LogP contribution < -0.4 is 5.73 Å². The number of hydrogen-bond donors (Lipinski definition) is 1. The molecular weight excluding hydrogens is 184 g/mol. The van der Waals surface area contributed by atoms with Crippen LogP contribution in [-0.2, 0) is 0 Å². The minimum absolute atomic E-state index is 0.701. The summed E-state index contributed by atoms with van der Waals surface area (Å²) in [5, 5.41) is 0.701. The first kappa shape index (κ1) is 8.12. The van der Waals surface area contributed by atoms with Crippen molar-refractivity contribution in [3.05, 3.63) is 23.7 Å². The Kier molecular flexibility index (Phi) is 1.94. The van der Waals surface area contributed by atoms with E-state index >= 15 is 0 Å². The Labute approximate surface area is 79.5 Å². The van der Waals surface area contributed by atoms with Gasteiger partial charge in [-0.15, -0.1) is 11.3 Å². The molecule has 0 fully saturated rings. The predicted octanol–water partition coefficient (Wildman–Crippen LogP) is 1.49. The molecular formula is C8H8N4S. The maximum absolute atomic E-state index is 5.71. The maximum Gasteiger partial charge on any atom is 0.125 e. The average molecular weight is 192 g/mol. The first-order chi connectivity index (χ1) is 6.27. The van der Waals surface area contributed by atoms with Gasteiger partial charge >= 0.3 is 0 Å². The van der Waals surface area contributed by atoms with Gasteiger partial charge in [-0.05, 0) is 6.92 Å². The summed E-state index contributed by atoms with van der Waals surface area (Å²) in [7, 11) is 0. The summed E-state index contributed by atoms with van der Waals surface area (Å²) in [6.07, 6.45) is 3.46. The fourth-order valence-corrected chi connectivity index (χ4v) is 1.54. The molecule has 0 aliphatic carbocycles. The number of nitrogen functional groups attached to an aromatic ring is 1. The molecule has 4 nitrogen and oxygen atoms in total. The third-order valence-corrected chi connectivity index (χ3v) is 2.31. The largest absolute Gasteiger partial charge is 0.389 e. The summed E-state index contributed by atoms with van der Waals surface area (Å²) in [4.78, 5) is 12.3. The lowest BCUT2D eigenvalue weighted by Crippen LogP contribution is -1.90. The molecule has 0 radical (unpaired) electrons. The normalized spacial score (nSPS) is 10.2. The van der Waals surface area contributed by atoms with Crippen LogP contribution in [0.25, 0.3) is 11.3 Å². The van der Waals surface area contributed by atoms with Crippen LogP contribution in [0.5, 0.6) is 0 Å². The Morgan fingerprint density at radius 3 is 2.46 bits per heavy atom. The molecule has 2 N–H and O–H groups in total. The van der Waals surface area contributed by atoms with Crippen LogP contribution in [0.4, 0.5) is 5.00 Å². The van der Waals surface area contributed by atoms with E-state index in [1.165, 1.54) is 11.3 Å². The van der Waals surface area contributed by atoms with Gasteiger partial charge in [-0.3, -0.25) is 0 Å². The average Bonchev–Trinajstić information content (AvgIpc) is 2.53. The Morgan fingerprint density at radius 2 is 1.92 bits per heavy atom. The number of anilines is 1. The van der Waals surface area contributed by atoms with Gasteiger partial charge in [0.05, 0.1) is 5.51 Å². The predicted molar refractivity (Wildman–Crippen MR) is 52.3 cm³/mol. The zero-order chi connectivity index (χ0) is 9.26. The van der Waals surface area contributed by atoms with Crippen molar-refractivity contribution in [2.75, 3.05) is 5.73 Å². The van der Waals surface area contributed by atoms with Crippen molar-refractivity contribution in [3.63, 3.8) is 0 Å². The van der Waals surface area contributed by atoms with Crippen LogP contribution in [0.3, 0.4) is 0 Å². The molecule has 2 heterocycles. The van der Waals surface area contributed by atoms with Crippen LogP contribution in [0.2, 0.25) is 0 Å². The second-order valence-corrected chi connectivity index (χ2v) is 3.47. The number of nitrogens with zero attached hydrogens (tertiary/aromatic N) is 3. The molecule has 66 valence electrons. The molecule has 2 aromatic heterocycles. The minimum atomic E-state index is 0.701. The Hall–Kier alpha value is -1.49. The van der Waals surface area contributed by atoms with Gasteiger partial charge in [0.1, 0.15) is 16.5 Å². The number of aryl methyl sites for hydroxylation is 1. The lowest BCUT2D eigenvalue weighted by atomic mass is 10.2. The van der Waals surface area contributed by atoms with E-state index in [0.717, 1.165) is 17.1 Å². The molecule has 2 rings (SSSR count). The van der Waals surface area contributed by atoms with E-state index in [2.05, 4.69) is 15.0 Å². The lowest BCUT2D eigenvalue weighted by molar-refractivity contribution is 1.05. The van der Waals surface area contributed by atoms with Crippen molar-refractivity contribution in [2.45, 2.75) is 6.92 Å². The summed E-state index contributed by atoms with van der Waals surface area (Å²) in [6.45, 7) is 1.84. The maximum atomic E-state index is 5.71. The van der Waals surface area contributed by atoms with E-state index in [0.29, 0.717) is 5.00 Å². The first-order valence-electron chi connectivity index (χ1n) is 3.75. The van der Waals surface area contributed by atoms with Gasteiger partial charge in [0, 0.05) is 18.0 Å². The van der Waals surface area contributed by atoms with Crippen LogP contribution in [-0.4, -0.2) is 15.0 Å². The molecule has 0 aromatic carbocycles. The molecule has 13 heavy (non-hydrogen) atoms. The highest BCUT2D eigenvalue weighted by atomic mass is 32.1. The van der Waals surface area contributed by atoms with Gasteiger partial charge in [0.2, 0.25) is 0 Å². The highest BCUT2D eigenvalue weighted by molar-refractivity contribution is 7.14. The molecule has 0 spiro atoms. The number of hydrogen-bond acceptors (Lipinski definition) is 5. The van der Waals surface area contributed by atoms with Crippen molar-refractivity contribution in [2.24, 2.45) is 0 Å². The topological polar surface area (TPSA) is 64.7 Å². The molecule has 0 amide bonds. The van der Waals surface area contributed by atoms with E-state index in [9.17, 15) is 0 Å². The number of aromatic nitrogens is 3. The second kappa shape index (κ2) is 3.10. The van der Waals surface area contributed by atoms with Gasteiger partial charge in [-0.2, -0.15) is 0 Å². The van der Waals surface area contributed by atoms with E-state index in [4.69, 9.17) is 5.73 Å². The smallest absolute Gasteiger partial charge is 0.125 e. The highest BCUT2D eigenvalue weighted by Gasteiger charge is 2.05. The van der Waals surface area contributed by atoms with Crippen LogP contribution in [0.15, 0.2) is 17.9 Å². The van der Waals surface area contributed by atoms with Crippen molar-refractivity contribution in [1.82, 2.24) is 15.0 Å². The molecule has 0 saturated heterocycles. The monoisotopic (exact) mass is 192 g/mol. The first-order valence-corrected chi connectivity index (χ1v) is 4.63. The van der Waals surface area contributed by atoms with Gasteiger partial charge in [-0.1, -0.05) is 0 Å². The van der Waals surface area contributed by atoms with Crippen molar-refractivity contribution >= 4 is 16.3 Å². The van der Waals surface area contributed by atoms with Crippen molar-refractivity contribution in [3.8, 4) is 11.3 Å². The van der Waals surface area contributed by atoms with Crippen LogP contribution in [0, 0.1) is 6.92 Å². The molecule has 0 atom stereocenters. The number of nitrogens with two attached hydrogens (primary N) is 1. The lowest BCUT2D eigenvalue weighted by Gasteiger charge is -1.97. The molecule has 5 heteroatoms. The number of thiazole rings is 1. The summed E-state index contributed by atoms with van der Waals surface area (Å²) in [5.74, 6) is 0.748. The molecule has 2 aromatic rings. The fraction of sp³-hybridized carbons (Fsp3) is 0.125. The van der Waals surface area contributed by atoms with Crippen molar-refractivity contribution < 1.29 is 0 Å². The molecule has 0 aliphatic rings. The molecule has 0 unspecified atom stereocenters. The second-order valence-electron chi connectivity index (χ2n) is 2.58. The molecule has 0 aliphatic heterocycles. The summed E-state index contributed by atoms with van der Waals surface area (Å²) < 4.78 is 0. The zero-order valence-electron chi connectivity index (χ0n) is 7.06. The third kappa shape index (κ3) is 1.50. The third-order valence-electron chi connectivity index (χ3n) is 1.65. The summed E-state index contributed by atoms with van der Waals surface area (Å²) in [6, 6.07) is 0. The SMILES string of the molecule is Cc1ncc(-c2ncsc2N)cn1. The minimum Gasteiger partial charge on any atom is -0.389 e. The Morgan fingerprint density at radius 1 is 1.23 bits per heavy atom. The fourth-order valence-electron chi connectivity index (χ4n) is 0.987. The van der Waals surface area contributed by atoms with E-state index < -0.39 is 0 Å². The standard InChI is InChI=1S/C8H8N4S/c1-5-10-2-6(3-11-5)7-8(9)13-4-12-7/h2-4H,9H2,1H3. The van der Waals surface area contributed by atoms with Gasteiger partial charge < -0.3 is 5.73 Å². The van der Waals surface area contributed by atoms with E-state index in [1.54, 1.807) is 17.9 Å². The molecule has 0 bridgehead atoms. The van der Waals surface area contributed by atoms with Gasteiger partial charge in [0.15, 0.2) is 0 Å². The van der Waals surface area contributed by atoms with Gasteiger partial charge in [-0.25, -0.2) is 15.0 Å².